The van der Waals surface area contributed by atoms with E-state index in [1.54, 1.807) is 0 Å². The average molecular weight is 415 g/mol. The minimum atomic E-state index is -0.683. The number of benzene rings is 2. The van der Waals surface area contributed by atoms with Gasteiger partial charge in [-0.1, -0.05) is 73.2 Å². The zero-order valence-corrected chi connectivity index (χ0v) is 18.2. The number of thioether (sulfide) groups is 2. The van der Waals surface area contributed by atoms with Crippen molar-refractivity contribution in [1.29, 1.82) is 0 Å². The van der Waals surface area contributed by atoms with Gasteiger partial charge in [-0.05, 0) is 48.0 Å². The molecule has 2 aromatic carbocycles. The van der Waals surface area contributed by atoms with Crippen molar-refractivity contribution in [3.8, 4) is 0 Å². The quantitative estimate of drug-likeness (QED) is 0.287. The Bertz CT molecular complexity index is 711. The molecule has 0 saturated carbocycles. The molecule has 0 spiro atoms. The number of hydrogen-bond acceptors (Lipinski definition) is 3. The van der Waals surface area contributed by atoms with Gasteiger partial charge >= 0.3 is 5.97 Å². The fraction of sp³-hybridized carbons (Fsp3) is 0.375. The van der Waals surface area contributed by atoms with E-state index in [-0.39, 0.29) is 0 Å². The fourth-order valence-electron chi connectivity index (χ4n) is 2.91. The molecule has 0 heterocycles. The monoisotopic (exact) mass is 414 g/mol. The van der Waals surface area contributed by atoms with Gasteiger partial charge in [0.15, 0.2) is 0 Å². The van der Waals surface area contributed by atoms with E-state index in [0.29, 0.717) is 11.7 Å². The van der Waals surface area contributed by atoms with Gasteiger partial charge in [0.05, 0.1) is 0 Å². The van der Waals surface area contributed by atoms with Crippen LogP contribution in [-0.2, 0) is 10.5 Å². The maximum atomic E-state index is 10.6. The highest BCUT2D eigenvalue weighted by atomic mass is 32.2. The summed E-state index contributed by atoms with van der Waals surface area (Å²) in [6.45, 7) is 0. The molecule has 1 atom stereocenters. The van der Waals surface area contributed by atoms with E-state index in [1.807, 2.05) is 29.6 Å². The van der Waals surface area contributed by atoms with Gasteiger partial charge in [0, 0.05) is 17.4 Å². The predicted molar refractivity (Wildman–Crippen MR) is 126 cm³/mol. The Hall–Kier alpha value is -1.65. The highest BCUT2D eigenvalue weighted by Crippen LogP contribution is 2.22. The molecule has 0 aromatic heterocycles. The summed E-state index contributed by atoms with van der Waals surface area (Å²) in [5, 5.41) is 9.35. The Morgan fingerprint density at radius 1 is 0.964 bits per heavy atom. The predicted octanol–water partition coefficient (Wildman–Crippen LogP) is 6.86. The molecule has 1 unspecified atom stereocenters. The van der Waals surface area contributed by atoms with Crippen LogP contribution in [0.3, 0.4) is 0 Å². The number of carboxylic acid groups (broad SMARTS) is 1. The Morgan fingerprint density at radius 3 is 2.29 bits per heavy atom. The first-order valence-corrected chi connectivity index (χ1v) is 12.3. The lowest BCUT2D eigenvalue weighted by molar-refractivity contribution is -0.137. The van der Waals surface area contributed by atoms with Crippen LogP contribution in [0.15, 0.2) is 54.6 Å². The maximum Gasteiger partial charge on any atom is 0.303 e. The lowest BCUT2D eigenvalue weighted by Gasteiger charge is -2.13. The van der Waals surface area contributed by atoms with Crippen LogP contribution in [0.4, 0.5) is 0 Å². The normalized spacial score (nSPS) is 12.3. The number of carbonyl (C=O) groups is 1. The summed E-state index contributed by atoms with van der Waals surface area (Å²) in [4.78, 5) is 10.6. The third kappa shape index (κ3) is 9.52. The van der Waals surface area contributed by atoms with Crippen molar-refractivity contribution in [3.05, 3.63) is 71.3 Å². The van der Waals surface area contributed by atoms with Gasteiger partial charge in [-0.3, -0.25) is 4.79 Å². The number of hydrogen-bond donors (Lipinski definition) is 1. The van der Waals surface area contributed by atoms with Crippen LogP contribution in [0.25, 0.3) is 12.2 Å². The molecule has 0 amide bonds. The molecule has 150 valence electrons. The van der Waals surface area contributed by atoms with Gasteiger partial charge in [0.2, 0.25) is 0 Å². The fourth-order valence-corrected chi connectivity index (χ4v) is 4.84. The second-order valence-corrected chi connectivity index (χ2v) is 9.07. The van der Waals surface area contributed by atoms with E-state index in [1.165, 1.54) is 23.1 Å². The Morgan fingerprint density at radius 2 is 1.64 bits per heavy atom. The number of rotatable bonds is 13. The molecule has 0 radical (unpaired) electrons. The highest BCUT2D eigenvalue weighted by molar-refractivity contribution is 7.99. The molecule has 2 nitrogen and oxygen atoms in total. The summed E-state index contributed by atoms with van der Waals surface area (Å²) < 4.78 is 0. The molecule has 0 aliphatic carbocycles. The van der Waals surface area contributed by atoms with E-state index < -0.39 is 5.97 Å². The SMILES string of the molecule is CSC(CCCCC(=O)O)CCSCc1ccc(/C=C/c2ccccc2)cc1. The van der Waals surface area contributed by atoms with E-state index in [2.05, 4.69) is 66.9 Å². The summed E-state index contributed by atoms with van der Waals surface area (Å²) in [7, 11) is 0. The van der Waals surface area contributed by atoms with E-state index >= 15 is 0 Å². The van der Waals surface area contributed by atoms with Crippen LogP contribution in [0.2, 0.25) is 0 Å². The topological polar surface area (TPSA) is 37.3 Å². The van der Waals surface area contributed by atoms with Crippen molar-refractivity contribution in [2.24, 2.45) is 0 Å². The van der Waals surface area contributed by atoms with Crippen LogP contribution in [0.5, 0.6) is 0 Å². The Kier molecular flexibility index (Phi) is 10.9. The third-order valence-electron chi connectivity index (χ3n) is 4.60. The zero-order chi connectivity index (χ0) is 20.0. The zero-order valence-electron chi connectivity index (χ0n) is 16.5. The second kappa shape index (κ2) is 13.5. The molecule has 4 heteroatoms. The molecule has 0 aliphatic heterocycles. The Balaban J connectivity index is 1.65. The molecule has 0 aliphatic rings. The van der Waals surface area contributed by atoms with E-state index in [9.17, 15) is 4.79 Å². The molecule has 0 saturated heterocycles. The smallest absolute Gasteiger partial charge is 0.303 e. The minimum absolute atomic E-state index is 0.298. The second-order valence-electron chi connectivity index (χ2n) is 6.82. The lowest BCUT2D eigenvalue weighted by Crippen LogP contribution is -2.04. The van der Waals surface area contributed by atoms with Gasteiger partial charge in [0.1, 0.15) is 0 Å². The molecule has 2 aromatic rings. The maximum absolute atomic E-state index is 10.6. The van der Waals surface area contributed by atoms with Gasteiger partial charge < -0.3 is 5.11 Å². The first-order chi connectivity index (χ1) is 13.7. The first-order valence-electron chi connectivity index (χ1n) is 9.82. The van der Waals surface area contributed by atoms with Crippen molar-refractivity contribution < 1.29 is 9.90 Å². The minimum Gasteiger partial charge on any atom is -0.481 e. The summed E-state index contributed by atoms with van der Waals surface area (Å²) in [5.41, 5.74) is 3.80. The summed E-state index contributed by atoms with van der Waals surface area (Å²) in [6, 6.07) is 19.2. The van der Waals surface area contributed by atoms with Crippen LogP contribution >= 0.6 is 23.5 Å². The highest BCUT2D eigenvalue weighted by Gasteiger charge is 2.07. The van der Waals surface area contributed by atoms with Crippen molar-refractivity contribution in [1.82, 2.24) is 0 Å². The summed E-state index contributed by atoms with van der Waals surface area (Å²) in [5.74, 6) is 1.51. The first kappa shape index (κ1) is 22.6. The van der Waals surface area contributed by atoms with Gasteiger partial charge in [-0.2, -0.15) is 23.5 Å². The molecular weight excluding hydrogens is 384 g/mol. The van der Waals surface area contributed by atoms with Crippen molar-refractivity contribution in [2.75, 3.05) is 12.0 Å². The third-order valence-corrected chi connectivity index (χ3v) is 6.80. The van der Waals surface area contributed by atoms with Crippen LogP contribution in [-0.4, -0.2) is 28.3 Å². The van der Waals surface area contributed by atoms with Gasteiger partial charge in [-0.15, -0.1) is 0 Å². The van der Waals surface area contributed by atoms with E-state index in [0.717, 1.165) is 30.8 Å². The van der Waals surface area contributed by atoms with Crippen LogP contribution in [0, 0.1) is 0 Å². The molecular formula is C24H30O2S2. The van der Waals surface area contributed by atoms with Crippen LogP contribution in [0.1, 0.15) is 48.8 Å². The summed E-state index contributed by atoms with van der Waals surface area (Å²) >= 11 is 3.90. The number of carboxylic acids is 1. The molecule has 0 bridgehead atoms. The molecule has 0 fully saturated rings. The molecule has 28 heavy (non-hydrogen) atoms. The average Bonchev–Trinajstić information content (AvgIpc) is 2.72. The van der Waals surface area contributed by atoms with Crippen molar-refractivity contribution in [3.63, 3.8) is 0 Å². The molecule has 1 N–H and O–H groups in total. The molecule has 2 rings (SSSR count). The Labute approximate surface area is 177 Å². The van der Waals surface area contributed by atoms with Crippen molar-refractivity contribution >= 4 is 41.6 Å². The van der Waals surface area contributed by atoms with Crippen LogP contribution < -0.4 is 0 Å². The number of unbranched alkanes of at least 4 members (excludes halogenated alkanes) is 1. The lowest BCUT2D eigenvalue weighted by atomic mass is 10.1. The van der Waals surface area contributed by atoms with Gasteiger partial charge in [-0.25, -0.2) is 0 Å². The largest absolute Gasteiger partial charge is 0.481 e. The number of aliphatic carboxylic acids is 1. The summed E-state index contributed by atoms with van der Waals surface area (Å²) in [6.07, 6.45) is 10.9. The van der Waals surface area contributed by atoms with Gasteiger partial charge in [0.25, 0.3) is 0 Å². The van der Waals surface area contributed by atoms with E-state index in [4.69, 9.17) is 5.11 Å². The van der Waals surface area contributed by atoms with Crippen molar-refractivity contribution in [2.45, 2.75) is 43.1 Å². The standard InChI is InChI=1S/C24H30O2S2/c1-27-23(9-5-6-10-24(25)26)17-18-28-19-22-15-13-21(14-16-22)12-11-20-7-3-2-4-8-20/h2-4,7-8,11-16,23H,5-6,9-10,17-19H2,1H3,(H,25,26)/b12-11+.